The van der Waals surface area contributed by atoms with Crippen LogP contribution in [0.5, 0.6) is 5.75 Å². The maximum Gasteiger partial charge on any atom is 0.410 e. The molecule has 0 aliphatic heterocycles. The summed E-state index contributed by atoms with van der Waals surface area (Å²) in [5.41, 5.74) is 0.964. The van der Waals surface area contributed by atoms with E-state index in [1.807, 2.05) is 24.3 Å². The Morgan fingerprint density at radius 3 is 2.65 bits per heavy atom. The highest BCUT2D eigenvalue weighted by Crippen LogP contribution is 2.12. The highest BCUT2D eigenvalue weighted by molar-refractivity contribution is 5.27. The predicted molar refractivity (Wildman–Crippen MR) is 58.8 cm³/mol. The summed E-state index contributed by atoms with van der Waals surface area (Å²) in [6.45, 7) is 0.435. The van der Waals surface area contributed by atoms with E-state index in [0.717, 1.165) is 11.3 Å². The molecular formula is C10H10N4O3. The second-order valence-corrected chi connectivity index (χ2v) is 3.38. The molecule has 0 atom stereocenters. The van der Waals surface area contributed by atoms with Gasteiger partial charge in [0.2, 0.25) is 0 Å². The van der Waals surface area contributed by atoms with Gasteiger partial charge in [0.15, 0.2) is 0 Å². The van der Waals surface area contributed by atoms with E-state index >= 15 is 0 Å². The van der Waals surface area contributed by atoms with Gasteiger partial charge in [0.1, 0.15) is 17.0 Å². The van der Waals surface area contributed by atoms with E-state index in [0.29, 0.717) is 6.54 Å². The zero-order valence-corrected chi connectivity index (χ0v) is 9.11. The van der Waals surface area contributed by atoms with Crippen LogP contribution in [0.25, 0.3) is 0 Å². The lowest BCUT2D eigenvalue weighted by molar-refractivity contribution is -0.389. The van der Waals surface area contributed by atoms with E-state index in [1.165, 1.54) is 10.9 Å². The number of nitro groups is 1. The molecule has 0 unspecified atom stereocenters. The Bertz CT molecular complexity index is 521. The molecule has 0 fully saturated rings. The Labute approximate surface area is 96.8 Å². The van der Waals surface area contributed by atoms with Crippen LogP contribution in [0.15, 0.2) is 30.5 Å². The van der Waals surface area contributed by atoms with Crippen LogP contribution in [0.1, 0.15) is 5.56 Å². The molecule has 0 bridgehead atoms. The van der Waals surface area contributed by atoms with Gasteiger partial charge in [-0.2, -0.15) is 0 Å². The van der Waals surface area contributed by atoms with Crippen LogP contribution in [0.4, 0.5) is 5.82 Å². The van der Waals surface area contributed by atoms with Gasteiger partial charge in [0.05, 0.1) is 18.9 Å². The van der Waals surface area contributed by atoms with Crippen LogP contribution in [-0.2, 0) is 6.54 Å². The number of benzene rings is 1. The number of ether oxygens (including phenoxy) is 1. The third-order valence-corrected chi connectivity index (χ3v) is 2.22. The molecule has 1 heterocycles. The fraction of sp³-hybridized carbons (Fsp3) is 0.200. The summed E-state index contributed by atoms with van der Waals surface area (Å²) in [5.74, 6) is 0.511. The lowest BCUT2D eigenvalue weighted by Gasteiger charge is -2.01. The number of rotatable bonds is 4. The maximum absolute atomic E-state index is 10.4. The number of methoxy groups -OCH3 is 1. The van der Waals surface area contributed by atoms with E-state index in [1.54, 1.807) is 7.11 Å². The molecule has 1 aromatic carbocycles. The summed E-state index contributed by atoms with van der Waals surface area (Å²) >= 11 is 0. The molecule has 0 radical (unpaired) electrons. The van der Waals surface area contributed by atoms with Gasteiger partial charge in [-0.05, 0) is 22.6 Å². The molecule has 0 spiro atoms. The summed E-state index contributed by atoms with van der Waals surface area (Å²) in [7, 11) is 1.59. The minimum Gasteiger partial charge on any atom is -0.497 e. The Morgan fingerprint density at radius 2 is 2.12 bits per heavy atom. The van der Waals surface area contributed by atoms with Crippen LogP contribution >= 0.6 is 0 Å². The first kappa shape index (κ1) is 11.1. The Morgan fingerprint density at radius 1 is 1.41 bits per heavy atom. The van der Waals surface area contributed by atoms with Crippen molar-refractivity contribution < 1.29 is 9.66 Å². The van der Waals surface area contributed by atoms with Gasteiger partial charge in [0, 0.05) is 0 Å². The average molecular weight is 234 g/mol. The molecule has 0 aliphatic carbocycles. The quantitative estimate of drug-likeness (QED) is 0.587. The van der Waals surface area contributed by atoms with Crippen molar-refractivity contribution in [3.63, 3.8) is 0 Å². The van der Waals surface area contributed by atoms with Gasteiger partial charge >= 0.3 is 5.82 Å². The van der Waals surface area contributed by atoms with Crippen molar-refractivity contribution in [2.75, 3.05) is 7.11 Å². The molecule has 17 heavy (non-hydrogen) atoms. The largest absolute Gasteiger partial charge is 0.497 e. The first-order valence-corrected chi connectivity index (χ1v) is 4.86. The third kappa shape index (κ3) is 2.57. The molecule has 2 aromatic rings. The fourth-order valence-corrected chi connectivity index (χ4v) is 1.37. The number of hydrogen-bond acceptors (Lipinski definition) is 5. The van der Waals surface area contributed by atoms with Crippen molar-refractivity contribution in [3.05, 3.63) is 46.1 Å². The van der Waals surface area contributed by atoms with Gasteiger partial charge < -0.3 is 14.9 Å². The average Bonchev–Trinajstić information content (AvgIpc) is 2.79. The van der Waals surface area contributed by atoms with E-state index in [2.05, 4.69) is 10.3 Å². The third-order valence-electron chi connectivity index (χ3n) is 2.22. The summed E-state index contributed by atoms with van der Waals surface area (Å²) in [6, 6.07) is 7.38. The first-order chi connectivity index (χ1) is 8.19. The maximum atomic E-state index is 10.4. The van der Waals surface area contributed by atoms with Gasteiger partial charge in [-0.25, -0.2) is 4.68 Å². The molecule has 0 aliphatic rings. The monoisotopic (exact) mass is 234 g/mol. The highest BCUT2D eigenvalue weighted by atomic mass is 16.6. The van der Waals surface area contributed by atoms with Gasteiger partial charge in [-0.3, -0.25) is 0 Å². The van der Waals surface area contributed by atoms with Crippen molar-refractivity contribution in [2.24, 2.45) is 0 Å². The molecule has 0 saturated heterocycles. The molecular weight excluding hydrogens is 224 g/mol. The minimum atomic E-state index is -0.572. The Hall–Kier alpha value is -2.44. The molecule has 0 saturated carbocycles. The van der Waals surface area contributed by atoms with Crippen molar-refractivity contribution in [1.82, 2.24) is 15.0 Å². The molecule has 7 nitrogen and oxygen atoms in total. The minimum absolute atomic E-state index is 0.251. The summed E-state index contributed by atoms with van der Waals surface area (Å²) in [6.07, 6.45) is 1.30. The van der Waals surface area contributed by atoms with Gasteiger partial charge in [-0.1, -0.05) is 12.1 Å². The fourth-order valence-electron chi connectivity index (χ4n) is 1.37. The lowest BCUT2D eigenvalue weighted by atomic mass is 10.2. The molecule has 7 heteroatoms. The van der Waals surface area contributed by atoms with Crippen molar-refractivity contribution in [2.45, 2.75) is 6.54 Å². The first-order valence-electron chi connectivity index (χ1n) is 4.86. The summed E-state index contributed by atoms with van der Waals surface area (Å²) in [5, 5.41) is 17.5. The van der Waals surface area contributed by atoms with E-state index in [-0.39, 0.29) is 5.82 Å². The van der Waals surface area contributed by atoms with E-state index in [4.69, 9.17) is 4.74 Å². The van der Waals surface area contributed by atoms with Crippen LogP contribution in [0.3, 0.4) is 0 Å². The van der Waals surface area contributed by atoms with E-state index < -0.39 is 4.92 Å². The normalized spacial score (nSPS) is 10.2. The lowest BCUT2D eigenvalue weighted by Crippen LogP contribution is -2.00. The Balaban J connectivity index is 2.11. The second-order valence-electron chi connectivity index (χ2n) is 3.38. The predicted octanol–water partition coefficient (Wildman–Crippen LogP) is 1.24. The van der Waals surface area contributed by atoms with E-state index in [9.17, 15) is 10.1 Å². The van der Waals surface area contributed by atoms with Crippen molar-refractivity contribution in [1.29, 1.82) is 0 Å². The molecule has 0 amide bonds. The molecule has 0 N–H and O–H groups in total. The van der Waals surface area contributed by atoms with Gasteiger partial charge in [0.25, 0.3) is 0 Å². The Kier molecular flexibility index (Phi) is 2.99. The van der Waals surface area contributed by atoms with Crippen LogP contribution in [0.2, 0.25) is 0 Å². The van der Waals surface area contributed by atoms with Crippen molar-refractivity contribution in [3.8, 4) is 5.75 Å². The summed E-state index contributed by atoms with van der Waals surface area (Å²) < 4.78 is 6.45. The molecule has 2 rings (SSSR count). The molecule has 1 aromatic heterocycles. The van der Waals surface area contributed by atoms with Crippen LogP contribution in [-0.4, -0.2) is 27.0 Å². The zero-order valence-electron chi connectivity index (χ0n) is 9.11. The summed E-state index contributed by atoms with van der Waals surface area (Å²) in [4.78, 5) is 9.85. The second kappa shape index (κ2) is 4.60. The number of aromatic nitrogens is 3. The number of hydrogen-bond donors (Lipinski definition) is 0. The zero-order chi connectivity index (χ0) is 12.3. The van der Waals surface area contributed by atoms with Gasteiger partial charge in [-0.15, -0.1) is 0 Å². The van der Waals surface area contributed by atoms with Crippen molar-refractivity contribution >= 4 is 5.82 Å². The standard InChI is InChI=1S/C10H10N4O3/c1-17-9-4-2-8(3-5-9)6-13-7-10(11-12-13)14(15)16/h2-5,7H,6H2,1H3. The number of nitrogens with zero attached hydrogens (tertiary/aromatic N) is 4. The SMILES string of the molecule is COc1ccc(Cn2cc([N+](=O)[O-])nn2)cc1. The highest BCUT2D eigenvalue weighted by Gasteiger charge is 2.11. The van der Waals surface area contributed by atoms with Crippen LogP contribution in [0, 0.1) is 10.1 Å². The van der Waals surface area contributed by atoms with Crippen LogP contribution < -0.4 is 4.74 Å². The molecule has 88 valence electrons. The topological polar surface area (TPSA) is 83.1 Å². The smallest absolute Gasteiger partial charge is 0.410 e.